The molecule has 0 unspecified atom stereocenters. The van der Waals surface area contributed by atoms with E-state index in [1.807, 2.05) is 0 Å². The van der Waals surface area contributed by atoms with Crippen molar-refractivity contribution in [2.45, 2.75) is 11.4 Å². The number of halogens is 1. The van der Waals surface area contributed by atoms with Gasteiger partial charge in [-0.2, -0.15) is 0 Å². The molecule has 2 heterocycles. The van der Waals surface area contributed by atoms with Crippen molar-refractivity contribution in [3.63, 3.8) is 0 Å². The number of carbonyl (C=O) groups is 1. The fourth-order valence-corrected chi connectivity index (χ4v) is 4.61. The molecular formula is C19H14FN5O3S2. The van der Waals surface area contributed by atoms with Gasteiger partial charge in [0.2, 0.25) is 15.0 Å². The fraction of sp³-hybridized carbons (Fsp3) is 0.0526. The van der Waals surface area contributed by atoms with Gasteiger partial charge in [-0.3, -0.25) is 9.78 Å². The molecule has 4 rings (SSSR count). The van der Waals surface area contributed by atoms with Crippen molar-refractivity contribution in [1.29, 1.82) is 0 Å². The van der Waals surface area contributed by atoms with Gasteiger partial charge in [0.25, 0.3) is 5.91 Å². The van der Waals surface area contributed by atoms with Crippen LogP contribution in [0.15, 0.2) is 65.7 Å². The lowest BCUT2D eigenvalue weighted by Gasteiger charge is -2.07. The van der Waals surface area contributed by atoms with Crippen LogP contribution in [-0.4, -0.2) is 29.5 Å². The van der Waals surface area contributed by atoms with Crippen LogP contribution in [0.1, 0.15) is 14.8 Å². The number of nitrogens with one attached hydrogen (secondary N) is 2. The number of benzene rings is 2. The zero-order chi connectivity index (χ0) is 21.1. The van der Waals surface area contributed by atoms with Gasteiger partial charge in [0.1, 0.15) is 15.7 Å². The Morgan fingerprint density at radius 3 is 2.67 bits per heavy atom. The van der Waals surface area contributed by atoms with E-state index < -0.39 is 21.7 Å². The lowest BCUT2D eigenvalue weighted by atomic mass is 10.2. The van der Waals surface area contributed by atoms with Gasteiger partial charge >= 0.3 is 0 Å². The maximum absolute atomic E-state index is 13.7. The SMILES string of the molecule is O=C(Nc1ccccc1F)c1nnc(CNS(=O)(=O)c2cccc3cccnc23)s1. The van der Waals surface area contributed by atoms with Crippen molar-refractivity contribution in [1.82, 2.24) is 19.9 Å². The number of carbonyl (C=O) groups excluding carboxylic acids is 1. The minimum Gasteiger partial charge on any atom is -0.317 e. The van der Waals surface area contributed by atoms with Crippen LogP contribution >= 0.6 is 11.3 Å². The van der Waals surface area contributed by atoms with E-state index in [1.54, 1.807) is 30.3 Å². The van der Waals surface area contributed by atoms with Crippen molar-refractivity contribution in [2.75, 3.05) is 5.32 Å². The Bertz CT molecular complexity index is 1340. The second-order valence-electron chi connectivity index (χ2n) is 6.09. The number of pyridine rings is 1. The molecule has 0 aliphatic carbocycles. The van der Waals surface area contributed by atoms with Crippen LogP contribution < -0.4 is 10.0 Å². The Labute approximate surface area is 174 Å². The summed E-state index contributed by atoms with van der Waals surface area (Å²) in [5.74, 6) is -1.21. The minimum atomic E-state index is -3.87. The average molecular weight is 443 g/mol. The summed E-state index contributed by atoms with van der Waals surface area (Å²) in [6.07, 6.45) is 1.52. The van der Waals surface area contributed by atoms with E-state index >= 15 is 0 Å². The summed E-state index contributed by atoms with van der Waals surface area (Å²) in [4.78, 5) is 16.4. The highest BCUT2D eigenvalue weighted by Gasteiger charge is 2.20. The standard InChI is InChI=1S/C19H14FN5O3S2/c20-13-7-1-2-8-14(13)23-18(26)19-25-24-16(29-19)11-22-30(27,28)15-9-3-5-12-6-4-10-21-17(12)15/h1-10,22H,11H2,(H,23,26). The molecule has 0 fully saturated rings. The average Bonchev–Trinajstić information content (AvgIpc) is 3.23. The van der Waals surface area contributed by atoms with Crippen LogP contribution in [-0.2, 0) is 16.6 Å². The number of hydrogen-bond donors (Lipinski definition) is 2. The van der Waals surface area contributed by atoms with E-state index in [2.05, 4.69) is 25.2 Å². The van der Waals surface area contributed by atoms with Crippen LogP contribution in [0.2, 0.25) is 0 Å². The molecule has 11 heteroatoms. The molecule has 8 nitrogen and oxygen atoms in total. The third-order valence-electron chi connectivity index (χ3n) is 4.08. The zero-order valence-electron chi connectivity index (χ0n) is 15.2. The summed E-state index contributed by atoms with van der Waals surface area (Å²) in [6, 6.07) is 14.1. The maximum atomic E-state index is 13.7. The maximum Gasteiger partial charge on any atom is 0.286 e. The Hall–Kier alpha value is -3.28. The zero-order valence-corrected chi connectivity index (χ0v) is 16.9. The molecule has 30 heavy (non-hydrogen) atoms. The first-order valence-corrected chi connectivity index (χ1v) is 11.0. The van der Waals surface area contributed by atoms with E-state index in [1.165, 1.54) is 30.5 Å². The van der Waals surface area contributed by atoms with Gasteiger partial charge in [0.15, 0.2) is 0 Å². The molecule has 0 saturated carbocycles. The van der Waals surface area contributed by atoms with Crippen molar-refractivity contribution < 1.29 is 17.6 Å². The third kappa shape index (κ3) is 4.17. The highest BCUT2D eigenvalue weighted by atomic mass is 32.2. The first-order chi connectivity index (χ1) is 14.4. The van der Waals surface area contributed by atoms with E-state index in [0.29, 0.717) is 10.9 Å². The Kier molecular flexibility index (Phi) is 5.48. The van der Waals surface area contributed by atoms with Gasteiger partial charge in [-0.1, -0.05) is 41.7 Å². The van der Waals surface area contributed by atoms with Gasteiger partial charge < -0.3 is 5.32 Å². The summed E-state index contributed by atoms with van der Waals surface area (Å²) in [5, 5.41) is 11.0. The number of aromatic nitrogens is 3. The molecule has 0 aliphatic heterocycles. The summed E-state index contributed by atoms with van der Waals surface area (Å²) >= 11 is 0.906. The Morgan fingerprint density at radius 2 is 1.83 bits per heavy atom. The first-order valence-electron chi connectivity index (χ1n) is 8.66. The first kappa shape index (κ1) is 20.0. The number of rotatable bonds is 6. The van der Waals surface area contributed by atoms with E-state index in [4.69, 9.17) is 0 Å². The molecule has 0 atom stereocenters. The van der Waals surface area contributed by atoms with E-state index in [9.17, 15) is 17.6 Å². The smallest absolute Gasteiger partial charge is 0.286 e. The monoisotopic (exact) mass is 443 g/mol. The van der Waals surface area contributed by atoms with Crippen molar-refractivity contribution in [3.8, 4) is 0 Å². The van der Waals surface area contributed by atoms with Crippen molar-refractivity contribution >= 4 is 43.9 Å². The quantitative estimate of drug-likeness (QED) is 0.474. The number of para-hydroxylation sites is 2. The largest absolute Gasteiger partial charge is 0.317 e. The molecular weight excluding hydrogens is 429 g/mol. The molecule has 0 saturated heterocycles. The molecule has 0 aliphatic rings. The summed E-state index contributed by atoms with van der Waals surface area (Å²) < 4.78 is 41.6. The summed E-state index contributed by atoms with van der Waals surface area (Å²) in [7, 11) is -3.87. The number of nitrogens with zero attached hydrogens (tertiary/aromatic N) is 3. The highest BCUT2D eigenvalue weighted by molar-refractivity contribution is 7.89. The predicted molar refractivity (Wildman–Crippen MR) is 110 cm³/mol. The molecule has 2 aromatic heterocycles. The van der Waals surface area contributed by atoms with Crippen LogP contribution in [0, 0.1) is 5.82 Å². The number of hydrogen-bond acceptors (Lipinski definition) is 7. The predicted octanol–water partition coefficient (Wildman–Crippen LogP) is 2.96. The van der Waals surface area contributed by atoms with Gasteiger partial charge in [0.05, 0.1) is 17.7 Å². The van der Waals surface area contributed by atoms with Gasteiger partial charge in [0, 0.05) is 11.6 Å². The molecule has 2 N–H and O–H groups in total. The summed E-state index contributed by atoms with van der Waals surface area (Å²) in [6.45, 7) is -0.157. The topological polar surface area (TPSA) is 114 Å². The van der Waals surface area contributed by atoms with Gasteiger partial charge in [-0.05, 0) is 24.3 Å². The van der Waals surface area contributed by atoms with Crippen LogP contribution in [0.25, 0.3) is 10.9 Å². The summed E-state index contributed by atoms with van der Waals surface area (Å²) in [5.41, 5.74) is 0.373. The van der Waals surface area contributed by atoms with Crippen LogP contribution in [0.5, 0.6) is 0 Å². The molecule has 4 aromatic rings. The minimum absolute atomic E-state index is 0.0146. The lowest BCUT2D eigenvalue weighted by Crippen LogP contribution is -2.23. The third-order valence-corrected chi connectivity index (χ3v) is 6.44. The number of amides is 1. The van der Waals surface area contributed by atoms with Crippen molar-refractivity contribution in [3.05, 3.63) is 76.6 Å². The Morgan fingerprint density at radius 1 is 1.03 bits per heavy atom. The van der Waals surface area contributed by atoms with Crippen LogP contribution in [0.4, 0.5) is 10.1 Å². The normalized spacial score (nSPS) is 11.5. The lowest BCUT2D eigenvalue weighted by molar-refractivity contribution is 0.102. The number of anilines is 1. The van der Waals surface area contributed by atoms with Crippen LogP contribution in [0.3, 0.4) is 0 Å². The molecule has 2 aromatic carbocycles. The van der Waals surface area contributed by atoms with E-state index in [0.717, 1.165) is 11.3 Å². The van der Waals surface area contributed by atoms with E-state index in [-0.39, 0.29) is 27.1 Å². The fourth-order valence-electron chi connectivity index (χ4n) is 2.68. The molecule has 0 radical (unpaired) electrons. The molecule has 1 amide bonds. The molecule has 0 spiro atoms. The number of sulfonamides is 1. The van der Waals surface area contributed by atoms with Gasteiger partial charge in [-0.25, -0.2) is 17.5 Å². The van der Waals surface area contributed by atoms with Crippen molar-refractivity contribution in [2.24, 2.45) is 0 Å². The molecule has 152 valence electrons. The molecule has 0 bridgehead atoms. The Balaban J connectivity index is 1.47. The number of fused-ring (bicyclic) bond motifs is 1. The second kappa shape index (κ2) is 8.22. The second-order valence-corrected chi connectivity index (χ2v) is 8.89. The van der Waals surface area contributed by atoms with Gasteiger partial charge in [-0.15, -0.1) is 10.2 Å². The highest BCUT2D eigenvalue weighted by Crippen LogP contribution is 2.21.